The van der Waals surface area contributed by atoms with Crippen molar-refractivity contribution in [2.24, 2.45) is 17.3 Å². The molecule has 1 atom stereocenters. The van der Waals surface area contributed by atoms with Gasteiger partial charge in [-0.25, -0.2) is 0 Å². The van der Waals surface area contributed by atoms with Crippen molar-refractivity contribution >= 4 is 0 Å². The molecule has 0 N–H and O–H groups in total. The van der Waals surface area contributed by atoms with Gasteiger partial charge in [-0.3, -0.25) is 4.90 Å². The molecule has 2 rings (SSSR count). The van der Waals surface area contributed by atoms with Gasteiger partial charge in [0.05, 0.1) is 0 Å². The Balaban J connectivity index is 2.20. The lowest BCUT2D eigenvalue weighted by Crippen LogP contribution is -2.50. The molecule has 0 radical (unpaired) electrons. The quantitative estimate of drug-likeness (QED) is 0.619. The monoisotopic (exact) mass is 249 g/mol. The third-order valence-electron chi connectivity index (χ3n) is 4.88. The van der Waals surface area contributed by atoms with Crippen molar-refractivity contribution in [1.82, 2.24) is 4.90 Å². The van der Waals surface area contributed by atoms with Crippen LogP contribution in [0.1, 0.15) is 60.8 Å². The van der Waals surface area contributed by atoms with Crippen LogP contribution in [0.5, 0.6) is 0 Å². The largest absolute Gasteiger partial charge is 0.294 e. The first kappa shape index (κ1) is 14.1. The molecule has 2 aliphatic rings. The highest BCUT2D eigenvalue weighted by molar-refractivity contribution is 5.21. The Labute approximate surface area is 114 Å². The minimum atomic E-state index is 0.307. The van der Waals surface area contributed by atoms with Gasteiger partial charge < -0.3 is 0 Å². The lowest BCUT2D eigenvalue weighted by Gasteiger charge is -2.48. The van der Waals surface area contributed by atoms with Crippen LogP contribution in [0.15, 0.2) is 11.6 Å². The Kier molecular flexibility index (Phi) is 3.66. The highest BCUT2D eigenvalue weighted by atomic mass is 15.2. The number of rotatable bonds is 1. The summed E-state index contributed by atoms with van der Waals surface area (Å²) in [6.45, 7) is 16.6. The normalized spacial score (nSPS) is 27.9. The van der Waals surface area contributed by atoms with Crippen LogP contribution < -0.4 is 0 Å². The van der Waals surface area contributed by atoms with E-state index in [1.807, 2.05) is 0 Å². The first-order valence-electron chi connectivity index (χ1n) is 7.65. The van der Waals surface area contributed by atoms with Crippen molar-refractivity contribution in [2.45, 2.75) is 66.3 Å². The van der Waals surface area contributed by atoms with Crippen molar-refractivity contribution < 1.29 is 0 Å². The molecule has 18 heavy (non-hydrogen) atoms. The Morgan fingerprint density at radius 2 is 1.67 bits per heavy atom. The van der Waals surface area contributed by atoms with Gasteiger partial charge in [0, 0.05) is 18.6 Å². The molecule has 1 fully saturated rings. The molecule has 0 amide bonds. The first-order chi connectivity index (χ1) is 8.19. The maximum Gasteiger partial charge on any atom is 0.0171 e. The van der Waals surface area contributed by atoms with E-state index in [-0.39, 0.29) is 0 Å². The Bertz CT molecular complexity index is 322. The lowest BCUT2D eigenvalue weighted by atomic mass is 9.65. The van der Waals surface area contributed by atoms with E-state index < -0.39 is 0 Å². The molecule has 1 nitrogen and oxygen atoms in total. The molecular formula is C17H31N. The van der Waals surface area contributed by atoms with E-state index in [0.29, 0.717) is 11.0 Å². The van der Waals surface area contributed by atoms with Gasteiger partial charge in [-0.15, -0.1) is 0 Å². The number of hydrogen-bond donors (Lipinski definition) is 0. The summed E-state index contributed by atoms with van der Waals surface area (Å²) in [6.07, 6.45) is 6.90. The maximum atomic E-state index is 2.66. The first-order valence-corrected chi connectivity index (χ1v) is 7.65. The van der Waals surface area contributed by atoms with E-state index >= 15 is 0 Å². The SMILES string of the molecule is CC(C)(C)C1=CCN(C(C)(C)C)CC1C1CCC1. The molecule has 1 aliphatic heterocycles. The molecule has 1 saturated carbocycles. The molecule has 0 bridgehead atoms. The topological polar surface area (TPSA) is 3.24 Å². The van der Waals surface area contributed by atoms with E-state index in [9.17, 15) is 0 Å². The van der Waals surface area contributed by atoms with E-state index in [0.717, 1.165) is 18.4 Å². The minimum absolute atomic E-state index is 0.307. The van der Waals surface area contributed by atoms with E-state index in [1.54, 1.807) is 5.57 Å². The van der Waals surface area contributed by atoms with Crippen LogP contribution in [0.25, 0.3) is 0 Å². The molecule has 0 aromatic carbocycles. The van der Waals surface area contributed by atoms with Crippen LogP contribution >= 0.6 is 0 Å². The molecule has 104 valence electrons. The average molecular weight is 249 g/mol. The summed E-state index contributed by atoms with van der Waals surface area (Å²) in [7, 11) is 0. The zero-order valence-electron chi connectivity index (χ0n) is 13.2. The minimum Gasteiger partial charge on any atom is -0.294 e. The summed E-state index contributed by atoms with van der Waals surface area (Å²) < 4.78 is 0. The van der Waals surface area contributed by atoms with E-state index in [4.69, 9.17) is 0 Å². The summed E-state index contributed by atoms with van der Waals surface area (Å²) in [6, 6.07) is 0. The summed E-state index contributed by atoms with van der Waals surface area (Å²) in [5, 5.41) is 0. The second kappa shape index (κ2) is 4.67. The second-order valence-corrected chi connectivity index (χ2v) is 8.28. The molecular weight excluding hydrogens is 218 g/mol. The molecule has 0 aromatic rings. The lowest BCUT2D eigenvalue weighted by molar-refractivity contribution is 0.0799. The average Bonchev–Trinajstić information content (AvgIpc) is 2.11. The highest BCUT2D eigenvalue weighted by Gasteiger charge is 2.39. The molecule has 0 saturated heterocycles. The van der Waals surface area contributed by atoms with Crippen molar-refractivity contribution in [3.8, 4) is 0 Å². The zero-order valence-corrected chi connectivity index (χ0v) is 13.2. The predicted molar refractivity (Wildman–Crippen MR) is 79.7 cm³/mol. The summed E-state index contributed by atoms with van der Waals surface area (Å²) in [5.74, 6) is 1.77. The van der Waals surface area contributed by atoms with Gasteiger partial charge in [0.2, 0.25) is 0 Å². The van der Waals surface area contributed by atoms with Gasteiger partial charge in [0.1, 0.15) is 0 Å². The number of hydrogen-bond acceptors (Lipinski definition) is 1. The number of nitrogens with zero attached hydrogens (tertiary/aromatic N) is 1. The maximum absolute atomic E-state index is 2.66. The highest BCUT2D eigenvalue weighted by Crippen LogP contribution is 2.45. The van der Waals surface area contributed by atoms with Gasteiger partial charge in [-0.1, -0.05) is 38.8 Å². The standard InChI is InChI=1S/C17H31N/c1-16(2,3)15-10-11-18(17(4,5)6)12-14(15)13-8-7-9-13/h10,13-14H,7-9,11-12H2,1-6H3. The summed E-state index contributed by atoms with van der Waals surface area (Å²) in [5.41, 5.74) is 2.39. The molecule has 1 aliphatic carbocycles. The predicted octanol–water partition coefficient (Wildman–Crippen LogP) is 4.49. The van der Waals surface area contributed by atoms with E-state index in [1.165, 1.54) is 25.8 Å². The van der Waals surface area contributed by atoms with Gasteiger partial charge in [0.25, 0.3) is 0 Å². The van der Waals surface area contributed by atoms with Crippen LogP contribution in [-0.4, -0.2) is 23.5 Å². The molecule has 1 unspecified atom stereocenters. The summed E-state index contributed by atoms with van der Waals surface area (Å²) in [4.78, 5) is 2.66. The van der Waals surface area contributed by atoms with Crippen LogP contribution in [0.3, 0.4) is 0 Å². The molecule has 1 heterocycles. The van der Waals surface area contributed by atoms with Crippen LogP contribution in [0.2, 0.25) is 0 Å². The van der Waals surface area contributed by atoms with Crippen molar-refractivity contribution in [2.75, 3.05) is 13.1 Å². The van der Waals surface area contributed by atoms with Gasteiger partial charge >= 0.3 is 0 Å². The second-order valence-electron chi connectivity index (χ2n) is 8.28. The summed E-state index contributed by atoms with van der Waals surface area (Å²) >= 11 is 0. The Morgan fingerprint density at radius 3 is 2.06 bits per heavy atom. The molecule has 1 heteroatoms. The fourth-order valence-corrected chi connectivity index (χ4v) is 3.43. The Morgan fingerprint density at radius 1 is 1.06 bits per heavy atom. The zero-order chi connectivity index (χ0) is 13.6. The van der Waals surface area contributed by atoms with Crippen LogP contribution in [0, 0.1) is 17.3 Å². The van der Waals surface area contributed by atoms with Crippen molar-refractivity contribution in [3.05, 3.63) is 11.6 Å². The van der Waals surface area contributed by atoms with E-state index in [2.05, 4.69) is 52.5 Å². The molecule has 0 aromatic heterocycles. The van der Waals surface area contributed by atoms with Crippen molar-refractivity contribution in [1.29, 1.82) is 0 Å². The Hall–Kier alpha value is -0.300. The third-order valence-corrected chi connectivity index (χ3v) is 4.88. The third kappa shape index (κ3) is 2.82. The fraction of sp³-hybridized carbons (Fsp3) is 0.882. The smallest absolute Gasteiger partial charge is 0.0171 e. The molecule has 0 spiro atoms. The van der Waals surface area contributed by atoms with Gasteiger partial charge in [-0.2, -0.15) is 0 Å². The van der Waals surface area contributed by atoms with Crippen molar-refractivity contribution in [3.63, 3.8) is 0 Å². The van der Waals surface area contributed by atoms with Gasteiger partial charge in [0.15, 0.2) is 0 Å². The van der Waals surface area contributed by atoms with Crippen LogP contribution in [-0.2, 0) is 0 Å². The van der Waals surface area contributed by atoms with Crippen LogP contribution in [0.4, 0.5) is 0 Å². The van der Waals surface area contributed by atoms with Gasteiger partial charge in [-0.05, 0) is 50.9 Å². The fourth-order valence-electron chi connectivity index (χ4n) is 3.43.